The molecule has 0 aliphatic rings. The number of nitrogens with zero attached hydrogens (tertiary/aromatic N) is 2. The van der Waals surface area contributed by atoms with Gasteiger partial charge in [-0.3, -0.25) is 15.1 Å². The van der Waals surface area contributed by atoms with Crippen molar-refractivity contribution in [2.75, 3.05) is 18.5 Å². The van der Waals surface area contributed by atoms with Crippen LogP contribution < -0.4 is 5.32 Å². The molecule has 0 bridgehead atoms. The SMILES string of the molecule is CC(O)(CO)CNc1ccc2ncccc2c1[N+](=O)[O-]. The fourth-order valence-electron chi connectivity index (χ4n) is 1.82. The number of rotatable bonds is 5. The van der Waals surface area contributed by atoms with Crippen LogP contribution in [0.1, 0.15) is 6.92 Å². The lowest BCUT2D eigenvalue weighted by atomic mass is 10.1. The Morgan fingerprint density at radius 1 is 1.45 bits per heavy atom. The molecule has 1 aromatic carbocycles. The second-order valence-corrected chi connectivity index (χ2v) is 4.80. The standard InChI is InChI=1S/C13H15N3O4/c1-13(18,8-17)7-15-11-5-4-10-9(3-2-6-14-10)12(11)16(19)20/h2-6,15,17-18H,7-8H2,1H3. The van der Waals surface area contributed by atoms with Crippen molar-refractivity contribution in [2.45, 2.75) is 12.5 Å². The van der Waals surface area contributed by atoms with E-state index in [1.165, 1.54) is 6.92 Å². The average Bonchev–Trinajstić information content (AvgIpc) is 2.44. The molecule has 2 aromatic rings. The number of nitro groups is 1. The van der Waals surface area contributed by atoms with Crippen molar-refractivity contribution in [3.8, 4) is 0 Å². The van der Waals surface area contributed by atoms with Gasteiger partial charge in [0, 0.05) is 12.7 Å². The minimum atomic E-state index is -1.35. The summed E-state index contributed by atoms with van der Waals surface area (Å²) in [6.45, 7) is 0.994. The zero-order valence-electron chi connectivity index (χ0n) is 10.9. The molecule has 0 radical (unpaired) electrons. The van der Waals surface area contributed by atoms with Crippen LogP contribution in [0.15, 0.2) is 30.5 Å². The first kappa shape index (κ1) is 14.2. The van der Waals surface area contributed by atoms with Crippen LogP contribution in [0.25, 0.3) is 10.9 Å². The summed E-state index contributed by atoms with van der Waals surface area (Å²) < 4.78 is 0. The Labute approximate surface area is 115 Å². The predicted molar refractivity (Wildman–Crippen MR) is 74.6 cm³/mol. The van der Waals surface area contributed by atoms with Crippen molar-refractivity contribution in [3.05, 3.63) is 40.6 Å². The third kappa shape index (κ3) is 2.84. The van der Waals surface area contributed by atoms with Crippen LogP contribution in [0.5, 0.6) is 0 Å². The minimum Gasteiger partial charge on any atom is -0.393 e. The number of aliphatic hydroxyl groups is 2. The molecule has 2 rings (SSSR count). The lowest BCUT2D eigenvalue weighted by molar-refractivity contribution is -0.382. The van der Waals surface area contributed by atoms with E-state index in [9.17, 15) is 15.2 Å². The average molecular weight is 277 g/mol. The van der Waals surface area contributed by atoms with Crippen LogP contribution in [0.4, 0.5) is 11.4 Å². The number of pyridine rings is 1. The maximum absolute atomic E-state index is 11.3. The monoisotopic (exact) mass is 277 g/mol. The Morgan fingerprint density at radius 3 is 2.85 bits per heavy atom. The summed E-state index contributed by atoms with van der Waals surface area (Å²) >= 11 is 0. The molecule has 1 unspecified atom stereocenters. The molecule has 0 aliphatic carbocycles. The highest BCUT2D eigenvalue weighted by atomic mass is 16.6. The van der Waals surface area contributed by atoms with E-state index in [1.54, 1.807) is 30.5 Å². The molecule has 0 saturated carbocycles. The summed E-state index contributed by atoms with van der Waals surface area (Å²) in [6, 6.07) is 6.46. The Morgan fingerprint density at radius 2 is 2.20 bits per heavy atom. The molecule has 3 N–H and O–H groups in total. The first-order valence-corrected chi connectivity index (χ1v) is 6.04. The number of fused-ring (bicyclic) bond motifs is 1. The molecule has 0 aliphatic heterocycles. The maximum atomic E-state index is 11.3. The highest BCUT2D eigenvalue weighted by molar-refractivity contribution is 5.94. The molecule has 20 heavy (non-hydrogen) atoms. The van der Waals surface area contributed by atoms with Gasteiger partial charge >= 0.3 is 5.69 Å². The highest BCUT2D eigenvalue weighted by Crippen LogP contribution is 2.32. The molecule has 7 heteroatoms. The molecular formula is C13H15N3O4. The van der Waals surface area contributed by atoms with Gasteiger partial charge in [-0.05, 0) is 31.2 Å². The Bertz CT molecular complexity index is 643. The van der Waals surface area contributed by atoms with E-state index in [0.29, 0.717) is 10.9 Å². The molecule has 0 saturated heterocycles. The van der Waals surface area contributed by atoms with Crippen LogP contribution in [-0.2, 0) is 0 Å². The van der Waals surface area contributed by atoms with E-state index in [4.69, 9.17) is 5.11 Å². The van der Waals surface area contributed by atoms with Gasteiger partial charge in [-0.1, -0.05) is 0 Å². The van der Waals surface area contributed by atoms with Crippen molar-refractivity contribution in [1.82, 2.24) is 4.98 Å². The van der Waals surface area contributed by atoms with Crippen molar-refractivity contribution < 1.29 is 15.1 Å². The third-order valence-electron chi connectivity index (χ3n) is 2.94. The van der Waals surface area contributed by atoms with E-state index in [2.05, 4.69) is 10.3 Å². The molecule has 7 nitrogen and oxygen atoms in total. The first-order valence-electron chi connectivity index (χ1n) is 6.04. The van der Waals surface area contributed by atoms with Gasteiger partial charge in [0.25, 0.3) is 0 Å². The van der Waals surface area contributed by atoms with Gasteiger partial charge in [0.05, 0.1) is 22.4 Å². The minimum absolute atomic E-state index is 0.00386. The lowest BCUT2D eigenvalue weighted by Gasteiger charge is -2.21. The predicted octanol–water partition coefficient (Wildman–Crippen LogP) is 1.30. The van der Waals surface area contributed by atoms with Gasteiger partial charge in [-0.2, -0.15) is 0 Å². The number of benzene rings is 1. The topological polar surface area (TPSA) is 109 Å². The van der Waals surface area contributed by atoms with E-state index < -0.39 is 17.1 Å². The van der Waals surface area contributed by atoms with Gasteiger partial charge in [0.1, 0.15) is 11.3 Å². The smallest absolute Gasteiger partial charge is 0.301 e. The van der Waals surface area contributed by atoms with Crippen molar-refractivity contribution >= 4 is 22.3 Å². The van der Waals surface area contributed by atoms with E-state index in [0.717, 1.165) is 0 Å². The highest BCUT2D eigenvalue weighted by Gasteiger charge is 2.23. The summed E-state index contributed by atoms with van der Waals surface area (Å²) in [5.41, 5.74) is -0.634. The van der Waals surface area contributed by atoms with E-state index in [-0.39, 0.29) is 17.9 Å². The molecule has 0 amide bonds. The number of nitrogens with one attached hydrogen (secondary N) is 1. The first-order chi connectivity index (χ1) is 9.44. The summed E-state index contributed by atoms with van der Waals surface area (Å²) in [6.07, 6.45) is 1.57. The Balaban J connectivity index is 2.43. The van der Waals surface area contributed by atoms with Gasteiger partial charge in [0.2, 0.25) is 0 Å². The number of nitro benzene ring substituents is 1. The lowest BCUT2D eigenvalue weighted by Crippen LogP contribution is -2.37. The zero-order chi connectivity index (χ0) is 14.8. The molecule has 1 atom stereocenters. The molecule has 0 spiro atoms. The second-order valence-electron chi connectivity index (χ2n) is 4.80. The Hall–Kier alpha value is -2.25. The number of hydrogen-bond donors (Lipinski definition) is 3. The van der Waals surface area contributed by atoms with Gasteiger partial charge in [0.15, 0.2) is 0 Å². The Kier molecular flexibility index (Phi) is 3.82. The van der Waals surface area contributed by atoms with Crippen LogP contribution in [0.2, 0.25) is 0 Å². The summed E-state index contributed by atoms with van der Waals surface area (Å²) in [5.74, 6) is 0. The van der Waals surface area contributed by atoms with Crippen LogP contribution in [0, 0.1) is 10.1 Å². The van der Waals surface area contributed by atoms with Gasteiger partial charge in [-0.15, -0.1) is 0 Å². The quantitative estimate of drug-likeness (QED) is 0.561. The van der Waals surface area contributed by atoms with E-state index in [1.807, 2.05) is 0 Å². The fourth-order valence-corrected chi connectivity index (χ4v) is 1.82. The number of aromatic nitrogens is 1. The van der Waals surface area contributed by atoms with Gasteiger partial charge < -0.3 is 15.5 Å². The normalized spacial score (nSPS) is 13.9. The number of hydrogen-bond acceptors (Lipinski definition) is 6. The van der Waals surface area contributed by atoms with Crippen molar-refractivity contribution in [3.63, 3.8) is 0 Å². The van der Waals surface area contributed by atoms with Gasteiger partial charge in [-0.25, -0.2) is 0 Å². The summed E-state index contributed by atoms with van der Waals surface area (Å²) in [5, 5.41) is 33.2. The van der Waals surface area contributed by atoms with Crippen molar-refractivity contribution in [1.29, 1.82) is 0 Å². The largest absolute Gasteiger partial charge is 0.393 e. The molecular weight excluding hydrogens is 262 g/mol. The van der Waals surface area contributed by atoms with Crippen LogP contribution >= 0.6 is 0 Å². The molecule has 1 heterocycles. The third-order valence-corrected chi connectivity index (χ3v) is 2.94. The fraction of sp³-hybridized carbons (Fsp3) is 0.308. The summed E-state index contributed by atoms with van der Waals surface area (Å²) in [7, 11) is 0. The van der Waals surface area contributed by atoms with Crippen LogP contribution in [0.3, 0.4) is 0 Å². The molecule has 1 aromatic heterocycles. The van der Waals surface area contributed by atoms with E-state index >= 15 is 0 Å². The number of aliphatic hydroxyl groups excluding tert-OH is 1. The zero-order valence-corrected chi connectivity index (χ0v) is 10.9. The van der Waals surface area contributed by atoms with Crippen LogP contribution in [-0.4, -0.2) is 38.9 Å². The molecule has 0 fully saturated rings. The second kappa shape index (κ2) is 5.40. The maximum Gasteiger partial charge on any atom is 0.301 e. The molecule has 106 valence electrons. The summed E-state index contributed by atoms with van der Waals surface area (Å²) in [4.78, 5) is 14.8. The van der Waals surface area contributed by atoms with Crippen molar-refractivity contribution in [2.24, 2.45) is 0 Å². The number of anilines is 1.